The Kier molecular flexibility index (Phi) is 5.47. The van der Waals surface area contributed by atoms with Crippen LogP contribution in [0, 0.1) is 0 Å². The third kappa shape index (κ3) is 3.98. The third-order valence-corrected chi connectivity index (χ3v) is 6.40. The molecule has 8 nitrogen and oxygen atoms in total. The van der Waals surface area contributed by atoms with Crippen LogP contribution in [0.15, 0.2) is 4.79 Å². The molecule has 3 heterocycles. The second-order valence-corrected chi connectivity index (χ2v) is 9.13. The molecule has 3 rings (SSSR count). The lowest BCUT2D eigenvalue weighted by Gasteiger charge is -2.33. The summed E-state index contributed by atoms with van der Waals surface area (Å²) in [6, 6.07) is 0. The second-order valence-electron chi connectivity index (χ2n) is 7.15. The maximum absolute atomic E-state index is 12.5. The summed E-state index contributed by atoms with van der Waals surface area (Å²) in [4.78, 5) is 34.0. The van der Waals surface area contributed by atoms with Gasteiger partial charge in [0.1, 0.15) is 5.82 Å². The highest BCUT2D eigenvalue weighted by molar-refractivity contribution is 7.88. The number of hydrogen-bond acceptors (Lipinski definition) is 5. The predicted octanol–water partition coefficient (Wildman–Crippen LogP) is 0.594. The predicted molar refractivity (Wildman–Crippen MR) is 97.3 cm³/mol. The molecular weight excluding hydrogens is 356 g/mol. The van der Waals surface area contributed by atoms with Gasteiger partial charge >= 0.3 is 0 Å². The standard InChI is InChI=1S/C17H26N4O4S/c1-3-5-15(22)20-8-4-6-12(10-20)16-18-14-7-9-21(26(2,24)25)11-13(14)17(23)19-16/h12H,3-11H2,1-2H3,(H,18,19,23)/t12-/m1/s1. The summed E-state index contributed by atoms with van der Waals surface area (Å²) in [5, 5.41) is 0. The number of aromatic amines is 1. The maximum atomic E-state index is 12.5. The van der Waals surface area contributed by atoms with Crippen molar-refractivity contribution in [3.05, 3.63) is 27.4 Å². The average molecular weight is 382 g/mol. The molecule has 0 spiro atoms. The summed E-state index contributed by atoms with van der Waals surface area (Å²) in [5.74, 6) is 0.798. The fourth-order valence-corrected chi connectivity index (χ4v) is 4.48. The van der Waals surface area contributed by atoms with Crippen molar-refractivity contribution in [3.8, 4) is 0 Å². The Morgan fingerprint density at radius 2 is 2.12 bits per heavy atom. The van der Waals surface area contributed by atoms with Gasteiger partial charge in [0.15, 0.2) is 0 Å². The Morgan fingerprint density at radius 3 is 2.81 bits per heavy atom. The van der Waals surface area contributed by atoms with Gasteiger partial charge in [-0.05, 0) is 19.3 Å². The van der Waals surface area contributed by atoms with E-state index < -0.39 is 10.0 Å². The van der Waals surface area contributed by atoms with Crippen LogP contribution in [0.4, 0.5) is 0 Å². The van der Waals surface area contributed by atoms with Crippen molar-refractivity contribution >= 4 is 15.9 Å². The molecule has 2 aliphatic heterocycles. The zero-order chi connectivity index (χ0) is 18.9. The number of H-pyrrole nitrogens is 1. The van der Waals surface area contributed by atoms with Crippen LogP contribution in [-0.4, -0.2) is 59.4 Å². The fraction of sp³-hybridized carbons (Fsp3) is 0.706. The summed E-state index contributed by atoms with van der Waals surface area (Å²) in [7, 11) is -3.33. The second kappa shape index (κ2) is 7.48. The summed E-state index contributed by atoms with van der Waals surface area (Å²) in [5.41, 5.74) is 0.844. The normalized spacial score (nSPS) is 21.5. The molecule has 1 aromatic rings. The lowest BCUT2D eigenvalue weighted by molar-refractivity contribution is -0.132. The fourth-order valence-electron chi connectivity index (χ4n) is 3.69. The minimum absolute atomic E-state index is 0.0236. The molecule has 1 atom stereocenters. The number of piperidine rings is 1. The summed E-state index contributed by atoms with van der Waals surface area (Å²) < 4.78 is 24.8. The van der Waals surface area contributed by atoms with E-state index in [0.717, 1.165) is 32.1 Å². The van der Waals surface area contributed by atoms with Gasteiger partial charge in [-0.1, -0.05) is 6.92 Å². The van der Waals surface area contributed by atoms with Gasteiger partial charge in [0.25, 0.3) is 5.56 Å². The van der Waals surface area contributed by atoms with Crippen LogP contribution in [0.5, 0.6) is 0 Å². The highest BCUT2D eigenvalue weighted by atomic mass is 32.2. The topological polar surface area (TPSA) is 103 Å². The number of rotatable bonds is 4. The maximum Gasteiger partial charge on any atom is 0.255 e. The number of nitrogens with zero attached hydrogens (tertiary/aromatic N) is 3. The lowest BCUT2D eigenvalue weighted by Crippen LogP contribution is -2.41. The van der Waals surface area contributed by atoms with Gasteiger partial charge in [0, 0.05) is 44.9 Å². The summed E-state index contributed by atoms with van der Waals surface area (Å²) in [6.45, 7) is 3.74. The van der Waals surface area contributed by atoms with Crippen LogP contribution in [-0.2, 0) is 27.8 Å². The number of sulfonamides is 1. The van der Waals surface area contributed by atoms with Crippen LogP contribution in [0.3, 0.4) is 0 Å². The highest BCUT2D eigenvalue weighted by Gasteiger charge is 2.30. The molecule has 1 amide bonds. The molecule has 26 heavy (non-hydrogen) atoms. The first-order chi connectivity index (χ1) is 12.3. The van der Waals surface area contributed by atoms with Gasteiger partial charge in [-0.25, -0.2) is 13.4 Å². The van der Waals surface area contributed by atoms with Crippen LogP contribution in [0.2, 0.25) is 0 Å². The van der Waals surface area contributed by atoms with Crippen LogP contribution in [0.1, 0.15) is 55.6 Å². The van der Waals surface area contributed by atoms with E-state index in [4.69, 9.17) is 0 Å². The Morgan fingerprint density at radius 1 is 1.35 bits per heavy atom. The van der Waals surface area contributed by atoms with Crippen molar-refractivity contribution < 1.29 is 13.2 Å². The molecule has 2 aliphatic rings. The van der Waals surface area contributed by atoms with Crippen molar-refractivity contribution in [1.82, 2.24) is 19.2 Å². The molecule has 0 bridgehead atoms. The highest BCUT2D eigenvalue weighted by Crippen LogP contribution is 2.26. The van der Waals surface area contributed by atoms with E-state index in [1.165, 1.54) is 4.31 Å². The number of aromatic nitrogens is 2. The van der Waals surface area contributed by atoms with E-state index >= 15 is 0 Å². The molecule has 9 heteroatoms. The molecule has 0 aliphatic carbocycles. The van der Waals surface area contributed by atoms with Crippen LogP contribution in [0.25, 0.3) is 0 Å². The van der Waals surface area contributed by atoms with Gasteiger partial charge in [0.2, 0.25) is 15.9 Å². The quantitative estimate of drug-likeness (QED) is 0.821. The molecule has 1 N–H and O–H groups in total. The van der Waals surface area contributed by atoms with Crippen molar-refractivity contribution in [2.75, 3.05) is 25.9 Å². The number of likely N-dealkylation sites (tertiary alicyclic amines) is 1. The van der Waals surface area contributed by atoms with Crippen LogP contribution >= 0.6 is 0 Å². The summed E-state index contributed by atoms with van der Waals surface area (Å²) in [6.07, 6.45) is 4.73. The minimum atomic E-state index is -3.33. The van der Waals surface area contributed by atoms with E-state index in [9.17, 15) is 18.0 Å². The average Bonchev–Trinajstić information content (AvgIpc) is 2.61. The zero-order valence-electron chi connectivity index (χ0n) is 15.3. The number of carbonyl (C=O) groups excluding carboxylic acids is 1. The zero-order valence-corrected chi connectivity index (χ0v) is 16.1. The van der Waals surface area contributed by atoms with E-state index in [2.05, 4.69) is 9.97 Å². The van der Waals surface area contributed by atoms with Gasteiger partial charge < -0.3 is 9.88 Å². The van der Waals surface area contributed by atoms with E-state index in [-0.39, 0.29) is 23.9 Å². The number of nitrogens with one attached hydrogen (secondary N) is 1. The molecule has 1 fully saturated rings. The number of amides is 1. The first-order valence-corrected chi connectivity index (χ1v) is 11.0. The smallest absolute Gasteiger partial charge is 0.255 e. The van der Waals surface area contributed by atoms with Crippen LogP contribution < -0.4 is 5.56 Å². The van der Waals surface area contributed by atoms with E-state index in [1.54, 1.807) is 0 Å². The summed E-state index contributed by atoms with van der Waals surface area (Å²) >= 11 is 0. The lowest BCUT2D eigenvalue weighted by atomic mass is 9.96. The Balaban J connectivity index is 1.82. The number of carbonyl (C=O) groups is 1. The first kappa shape index (κ1) is 19.0. The van der Waals surface area contributed by atoms with Gasteiger partial charge in [-0.2, -0.15) is 4.31 Å². The number of hydrogen-bond donors (Lipinski definition) is 1. The Hall–Kier alpha value is -1.74. The Labute approximate surface area is 153 Å². The van der Waals surface area contributed by atoms with Gasteiger partial charge in [0.05, 0.1) is 17.5 Å². The molecule has 0 unspecified atom stereocenters. The van der Waals surface area contributed by atoms with E-state index in [1.807, 2.05) is 11.8 Å². The molecule has 0 saturated carbocycles. The molecule has 0 aromatic carbocycles. The SMILES string of the molecule is CCCC(=O)N1CCC[C@@H](c2nc3c(c(=O)[nH]2)CN(S(C)(=O)=O)CC3)C1. The third-order valence-electron chi connectivity index (χ3n) is 5.15. The largest absolute Gasteiger partial charge is 0.342 e. The minimum Gasteiger partial charge on any atom is -0.342 e. The molecule has 0 radical (unpaired) electrons. The van der Waals surface area contributed by atoms with Crippen molar-refractivity contribution in [3.63, 3.8) is 0 Å². The molecular formula is C17H26N4O4S. The molecule has 1 aromatic heterocycles. The van der Waals surface area contributed by atoms with Gasteiger partial charge in [-0.3, -0.25) is 9.59 Å². The van der Waals surface area contributed by atoms with Crippen molar-refractivity contribution in [2.24, 2.45) is 0 Å². The van der Waals surface area contributed by atoms with Gasteiger partial charge in [-0.15, -0.1) is 0 Å². The molecule has 144 valence electrons. The monoisotopic (exact) mass is 382 g/mol. The van der Waals surface area contributed by atoms with Crippen molar-refractivity contribution in [2.45, 2.75) is 51.5 Å². The van der Waals surface area contributed by atoms with Crippen molar-refractivity contribution in [1.29, 1.82) is 0 Å². The number of fused-ring (bicyclic) bond motifs is 1. The van der Waals surface area contributed by atoms with E-state index in [0.29, 0.717) is 43.0 Å². The molecule has 1 saturated heterocycles. The Bertz CT molecular complexity index is 849. The first-order valence-electron chi connectivity index (χ1n) is 9.14.